The summed E-state index contributed by atoms with van der Waals surface area (Å²) in [6.45, 7) is 6.29. The van der Waals surface area contributed by atoms with Gasteiger partial charge in [0.25, 0.3) is 35.5 Å². The van der Waals surface area contributed by atoms with Crippen LogP contribution in [-0.4, -0.2) is 233 Å². The molecular weight excluding hydrogens is 1860 g/mol. The number of piperidine rings is 2. The number of pyridine rings is 7. The van der Waals surface area contributed by atoms with E-state index in [0.29, 0.717) is 93.9 Å². The van der Waals surface area contributed by atoms with Crippen LogP contribution in [0.15, 0.2) is 241 Å². The first-order valence-electron chi connectivity index (χ1n) is 44.4. The molecule has 0 bridgehead atoms. The number of anilines is 5. The van der Waals surface area contributed by atoms with Gasteiger partial charge in [-0.15, -0.1) is 0 Å². The highest BCUT2D eigenvalue weighted by Crippen LogP contribution is 2.36. The van der Waals surface area contributed by atoms with E-state index in [1.54, 1.807) is 60.0 Å². The lowest BCUT2D eigenvalue weighted by atomic mass is 10.0. The highest BCUT2D eigenvalue weighted by atomic mass is 32.2. The van der Waals surface area contributed by atoms with Gasteiger partial charge >= 0.3 is 0 Å². The molecule has 4 aliphatic heterocycles. The lowest BCUT2D eigenvalue weighted by Gasteiger charge is -2.31. The van der Waals surface area contributed by atoms with Crippen LogP contribution in [0.25, 0.3) is 88.1 Å². The first kappa shape index (κ1) is 96.3. The fourth-order valence-electron chi connectivity index (χ4n) is 16.6. The molecule has 11 aromatic heterocycles. The summed E-state index contributed by atoms with van der Waals surface area (Å²) in [6.07, 6.45) is 24.6. The van der Waals surface area contributed by atoms with E-state index in [9.17, 15) is 67.1 Å². The molecule has 4 amide bonds. The molecule has 4 fully saturated rings. The van der Waals surface area contributed by atoms with E-state index in [1.165, 1.54) is 67.8 Å². The van der Waals surface area contributed by atoms with E-state index in [2.05, 4.69) is 125 Å². The second-order valence-corrected chi connectivity index (χ2v) is 40.5. The number of carbonyl (C=O) groups is 4. The normalized spacial score (nSPS) is 15.2. The Morgan fingerprint density at radius 3 is 1.04 bits per heavy atom. The van der Waals surface area contributed by atoms with Gasteiger partial charge in [-0.05, 0) is 198 Å². The number of fused-ring (bicyclic) bond motifs is 4. The summed E-state index contributed by atoms with van der Waals surface area (Å²) in [6, 6.07) is 47.9. The second-order valence-electron chi connectivity index (χ2n) is 34.6. The molecule has 0 unspecified atom stereocenters. The van der Waals surface area contributed by atoms with Crippen molar-refractivity contribution in [2.45, 2.75) is 97.6 Å². The Labute approximate surface area is 799 Å². The molecule has 5 aromatic carbocycles. The number of carbonyl (C=O) groups excluding carboxylic acids is 4. The number of nitrogens with zero attached hydrogens (tertiary/aromatic N) is 16. The molecule has 35 nitrogen and oxygen atoms in total. The monoisotopic (exact) mass is 1950 g/mol. The number of nitrogens with one attached hydrogen (secondary N) is 8. The first-order valence-corrected chi connectivity index (χ1v) is 50.1. The van der Waals surface area contributed by atoms with Crippen molar-refractivity contribution in [1.82, 2.24) is 90.4 Å². The SMILES string of the molecule is CS(=O)(=O)c1ccc(NC(=O)c2n[nH]c3ccc(-c4cncc(CN5CCC(F)(F)C5)c4)cc23)cn1.CS(=O)(=O)c1ccc(NC(=O)c2n[nH]c3ccc(-c4cncc(CN5CCC(F)(F)CC5)c4)cc23)cn1.CS(=O)(=O)c1ccc(NC(=O)c2n[nH]c3ccc(-c4cncc(N5CCCC5)c4)cc23)cn1.N#Cc1ccc(NC(=O)c2n[nH]c3ccc(-c4cncc(CN5CCC(O)CC5)c4)cc23)cc1. The average molecular weight is 1950 g/mol. The van der Waals surface area contributed by atoms with Crippen LogP contribution in [0.2, 0.25) is 0 Å². The van der Waals surface area contributed by atoms with Gasteiger partial charge in [0.05, 0.1) is 93.9 Å². The summed E-state index contributed by atoms with van der Waals surface area (Å²) in [4.78, 5) is 89.1. The van der Waals surface area contributed by atoms with Gasteiger partial charge in [-0.3, -0.25) is 74.2 Å². The lowest BCUT2D eigenvalue weighted by Crippen LogP contribution is -2.38. The molecule has 716 valence electrons. The first-order chi connectivity index (χ1) is 67.1. The average Bonchev–Trinajstić information content (AvgIpc) is 1.69. The summed E-state index contributed by atoms with van der Waals surface area (Å²) in [5.74, 6) is -6.96. The van der Waals surface area contributed by atoms with Crippen molar-refractivity contribution in [2.75, 3.05) is 97.3 Å². The number of hydrogen-bond donors (Lipinski definition) is 9. The summed E-state index contributed by atoms with van der Waals surface area (Å²) in [7, 11) is -10.3. The Morgan fingerprint density at radius 1 is 0.386 bits per heavy atom. The molecule has 4 saturated heterocycles. The van der Waals surface area contributed by atoms with Crippen LogP contribution in [0.5, 0.6) is 0 Å². The summed E-state index contributed by atoms with van der Waals surface area (Å²) in [5, 5.41) is 60.1. The second kappa shape index (κ2) is 41.1. The number of rotatable bonds is 22. The van der Waals surface area contributed by atoms with Crippen LogP contribution in [0.4, 0.5) is 46.0 Å². The van der Waals surface area contributed by atoms with E-state index < -0.39 is 59.1 Å². The zero-order valence-corrected chi connectivity index (χ0v) is 78.0. The van der Waals surface area contributed by atoms with E-state index in [4.69, 9.17) is 5.26 Å². The largest absolute Gasteiger partial charge is 0.393 e. The summed E-state index contributed by atoms with van der Waals surface area (Å²) < 4.78 is 124. The zero-order chi connectivity index (χ0) is 98.2. The number of benzene rings is 5. The zero-order valence-electron chi connectivity index (χ0n) is 75.6. The number of sulfone groups is 3. The topological polar surface area (TPSA) is 481 Å². The summed E-state index contributed by atoms with van der Waals surface area (Å²) >= 11 is 0. The van der Waals surface area contributed by atoms with Gasteiger partial charge in [0.2, 0.25) is 0 Å². The number of aliphatic hydroxyl groups excluding tert-OH is 1. The molecule has 0 spiro atoms. The predicted molar refractivity (Wildman–Crippen MR) is 519 cm³/mol. The van der Waals surface area contributed by atoms with Crippen molar-refractivity contribution < 1.29 is 67.1 Å². The fraction of sp³-hybridized carbons (Fsp3) is 0.245. The molecule has 42 heteroatoms. The maximum atomic E-state index is 13.5. The highest BCUT2D eigenvalue weighted by molar-refractivity contribution is 7.91. The van der Waals surface area contributed by atoms with Crippen molar-refractivity contribution in [2.24, 2.45) is 0 Å². The molecule has 0 aliphatic carbocycles. The molecule has 140 heavy (non-hydrogen) atoms. The predicted octanol–water partition coefficient (Wildman–Crippen LogP) is 14.4. The maximum Gasteiger partial charge on any atom is 0.276 e. The number of aromatic nitrogens is 15. The van der Waals surface area contributed by atoms with Crippen LogP contribution >= 0.6 is 0 Å². The third-order valence-corrected chi connectivity index (χ3v) is 27.0. The van der Waals surface area contributed by atoms with Crippen LogP contribution in [-0.2, 0) is 49.1 Å². The number of aliphatic hydroxyl groups is 1. The molecule has 16 aromatic rings. The van der Waals surface area contributed by atoms with E-state index in [0.717, 1.165) is 148 Å². The molecule has 4 aliphatic rings. The fourth-order valence-corrected chi connectivity index (χ4v) is 18.3. The molecule has 9 N–H and O–H groups in total. The van der Waals surface area contributed by atoms with Gasteiger partial charge in [-0.25, -0.2) is 57.8 Å². The van der Waals surface area contributed by atoms with Gasteiger partial charge in [0.1, 0.15) is 0 Å². The van der Waals surface area contributed by atoms with Crippen molar-refractivity contribution in [1.29, 1.82) is 5.26 Å². The molecular formula is C98H92F4N24O11S3. The van der Waals surface area contributed by atoms with Gasteiger partial charge < -0.3 is 31.3 Å². The van der Waals surface area contributed by atoms with Crippen LogP contribution in [0, 0.1) is 11.3 Å². The molecule has 0 atom stereocenters. The Hall–Kier alpha value is -15.4. The van der Waals surface area contributed by atoms with Gasteiger partial charge in [0, 0.05) is 196 Å². The number of amides is 4. The minimum Gasteiger partial charge on any atom is -0.393 e. The molecule has 0 radical (unpaired) electrons. The molecule has 20 rings (SSSR count). The maximum absolute atomic E-state index is 13.5. The number of likely N-dealkylation sites (tertiary alicyclic amines) is 3. The highest BCUT2D eigenvalue weighted by Gasteiger charge is 2.39. The number of alkyl halides is 4. The Kier molecular flexibility index (Phi) is 28.3. The van der Waals surface area contributed by atoms with Crippen molar-refractivity contribution >= 4 is 125 Å². The van der Waals surface area contributed by atoms with Crippen molar-refractivity contribution in [3.05, 3.63) is 271 Å². The lowest BCUT2D eigenvalue weighted by molar-refractivity contribution is -0.0566. The van der Waals surface area contributed by atoms with E-state index in [1.807, 2.05) is 109 Å². The quantitative estimate of drug-likeness (QED) is 0.0285. The van der Waals surface area contributed by atoms with Gasteiger partial charge in [-0.1, -0.05) is 24.3 Å². The van der Waals surface area contributed by atoms with Crippen LogP contribution in [0.1, 0.15) is 109 Å². The smallest absolute Gasteiger partial charge is 0.276 e. The Morgan fingerprint density at radius 2 is 0.707 bits per heavy atom. The minimum absolute atomic E-state index is 0.0554. The summed E-state index contributed by atoms with van der Waals surface area (Å²) in [5.41, 5.74) is 16.8. The standard InChI is InChI=1S/C26H24N6O2.C25H24F2N6O3S.C24H22F2N6O3S.C23H22N6O3S/c27-13-17-1-4-21(5-2-17)29-26(34)25-23-12-19(3-6-24(23)30-31-25)20-11-18(14-28-15-20)16-32-9-7-22(33)8-10-32;1-37(35,36)22-5-3-19(14-29-22)30-24(34)23-20-11-17(2-4-21(20)31-32-23)18-10-16(12-28-13-18)15-33-8-6-25(26,27)7-9-33;1-36(34,35)21-5-3-18(12-28-21)29-23(33)22-19-9-16(2-4-20(19)30-31-22)17-8-15(10-27-11-17)13-32-7-6-24(25,26)14-32;1-33(31,32)21-7-5-17(13-25-21)26-23(30)22-19-11-15(4-6-20(19)27-28-22)16-10-18(14-24-12-16)29-8-2-3-9-29/h1-6,11-12,14-15,22,33H,7-10,16H2,(H,29,34)(H,30,31);2-5,10-14H,6-9,15H2,1H3,(H,30,34)(H,31,32);2-5,8-12H,6-7,13-14H2,1H3,(H,29,33)(H,30,31);4-7,10-14H,2-3,8-9H2,1H3,(H,26,30)(H,27,28). The van der Waals surface area contributed by atoms with Gasteiger partial charge in [0.15, 0.2) is 67.4 Å². The number of hydrogen-bond acceptors (Lipinski definition) is 27. The molecule has 15 heterocycles. The van der Waals surface area contributed by atoms with Crippen LogP contribution < -0.4 is 26.2 Å². The minimum atomic E-state index is -3.45. The van der Waals surface area contributed by atoms with E-state index >= 15 is 0 Å². The van der Waals surface area contributed by atoms with Crippen molar-refractivity contribution in [3.8, 4) is 50.6 Å². The molecule has 0 saturated carbocycles. The van der Waals surface area contributed by atoms with Crippen LogP contribution in [0.3, 0.4) is 0 Å². The number of H-pyrrole nitrogens is 4. The number of aromatic amines is 4. The van der Waals surface area contributed by atoms with Gasteiger partial charge in [-0.2, -0.15) is 25.7 Å². The Bertz CT molecular complexity index is 7740. The van der Waals surface area contributed by atoms with E-state index in [-0.39, 0.29) is 70.0 Å². The Balaban J connectivity index is 0.000000129. The number of halogens is 4. The third-order valence-electron chi connectivity index (χ3n) is 24.0. The number of nitriles is 1. The van der Waals surface area contributed by atoms with Crippen molar-refractivity contribution in [3.63, 3.8) is 0 Å². The third kappa shape index (κ3) is 23.7.